The SMILES string of the molecule is COC1CCCC1NCc1ccc(C(=O)O)o1. The first-order chi connectivity index (χ1) is 8.20. The summed E-state index contributed by atoms with van der Waals surface area (Å²) in [5.41, 5.74) is 0. The van der Waals surface area contributed by atoms with Crippen LogP contribution in [0.3, 0.4) is 0 Å². The van der Waals surface area contributed by atoms with Crippen LogP contribution in [-0.2, 0) is 11.3 Å². The number of rotatable bonds is 5. The highest BCUT2D eigenvalue weighted by Gasteiger charge is 2.26. The minimum absolute atomic E-state index is 0.0171. The Hall–Kier alpha value is -1.33. The first kappa shape index (κ1) is 12.1. The maximum atomic E-state index is 10.6. The summed E-state index contributed by atoms with van der Waals surface area (Å²) >= 11 is 0. The van der Waals surface area contributed by atoms with Gasteiger partial charge < -0.3 is 19.6 Å². The lowest BCUT2D eigenvalue weighted by Gasteiger charge is -2.18. The summed E-state index contributed by atoms with van der Waals surface area (Å²) in [6.45, 7) is 0.539. The van der Waals surface area contributed by atoms with Gasteiger partial charge in [0, 0.05) is 13.2 Å². The second-order valence-corrected chi connectivity index (χ2v) is 4.26. The molecule has 0 aliphatic heterocycles. The minimum atomic E-state index is -1.04. The number of methoxy groups -OCH3 is 1. The molecule has 0 aromatic carbocycles. The minimum Gasteiger partial charge on any atom is -0.475 e. The Balaban J connectivity index is 1.86. The Bertz CT molecular complexity index is 388. The molecule has 1 aromatic rings. The Morgan fingerprint density at radius 1 is 1.59 bits per heavy atom. The van der Waals surface area contributed by atoms with Crippen LogP contribution in [0.5, 0.6) is 0 Å². The fourth-order valence-corrected chi connectivity index (χ4v) is 2.26. The average molecular weight is 239 g/mol. The fraction of sp³-hybridized carbons (Fsp3) is 0.583. The van der Waals surface area contributed by atoms with Crippen LogP contribution in [0, 0.1) is 0 Å². The molecule has 2 N–H and O–H groups in total. The van der Waals surface area contributed by atoms with Crippen LogP contribution < -0.4 is 5.32 Å². The highest BCUT2D eigenvalue weighted by atomic mass is 16.5. The summed E-state index contributed by atoms with van der Waals surface area (Å²) < 4.78 is 10.5. The van der Waals surface area contributed by atoms with Gasteiger partial charge in [-0.2, -0.15) is 0 Å². The van der Waals surface area contributed by atoms with E-state index in [0.717, 1.165) is 19.3 Å². The molecule has 5 heteroatoms. The molecule has 5 nitrogen and oxygen atoms in total. The number of carboxylic acids is 1. The number of carboxylic acid groups (broad SMARTS) is 1. The van der Waals surface area contributed by atoms with Gasteiger partial charge in [-0.1, -0.05) is 0 Å². The van der Waals surface area contributed by atoms with Crippen molar-refractivity contribution in [3.8, 4) is 0 Å². The molecule has 1 saturated carbocycles. The highest BCUT2D eigenvalue weighted by Crippen LogP contribution is 2.22. The first-order valence-electron chi connectivity index (χ1n) is 5.79. The molecule has 0 spiro atoms. The number of furan rings is 1. The second-order valence-electron chi connectivity index (χ2n) is 4.26. The number of carbonyl (C=O) groups is 1. The van der Waals surface area contributed by atoms with Gasteiger partial charge in [-0.15, -0.1) is 0 Å². The smallest absolute Gasteiger partial charge is 0.371 e. The van der Waals surface area contributed by atoms with Gasteiger partial charge in [0.05, 0.1) is 12.6 Å². The van der Waals surface area contributed by atoms with Crippen molar-refractivity contribution in [3.05, 3.63) is 23.7 Å². The van der Waals surface area contributed by atoms with Crippen LogP contribution in [0.4, 0.5) is 0 Å². The topological polar surface area (TPSA) is 71.7 Å². The molecule has 1 aromatic heterocycles. The van der Waals surface area contributed by atoms with E-state index in [1.807, 2.05) is 0 Å². The summed E-state index contributed by atoms with van der Waals surface area (Å²) in [6, 6.07) is 3.49. The van der Waals surface area contributed by atoms with Gasteiger partial charge in [0.25, 0.3) is 0 Å². The van der Waals surface area contributed by atoms with Crippen molar-refractivity contribution in [1.82, 2.24) is 5.32 Å². The standard InChI is InChI=1S/C12H17NO4/c1-16-10-4-2-3-9(10)13-7-8-5-6-11(17-8)12(14)15/h5-6,9-10,13H,2-4,7H2,1H3,(H,14,15). The maximum Gasteiger partial charge on any atom is 0.371 e. The monoisotopic (exact) mass is 239 g/mol. The molecule has 2 atom stereocenters. The van der Waals surface area contributed by atoms with E-state index in [4.69, 9.17) is 14.3 Å². The number of aromatic carboxylic acids is 1. The van der Waals surface area contributed by atoms with E-state index in [0.29, 0.717) is 18.3 Å². The van der Waals surface area contributed by atoms with Crippen molar-refractivity contribution in [2.24, 2.45) is 0 Å². The molecule has 17 heavy (non-hydrogen) atoms. The zero-order valence-corrected chi connectivity index (χ0v) is 9.81. The second kappa shape index (κ2) is 5.33. The van der Waals surface area contributed by atoms with Gasteiger partial charge in [-0.05, 0) is 31.4 Å². The van der Waals surface area contributed by atoms with E-state index in [1.54, 1.807) is 13.2 Å². The fourth-order valence-electron chi connectivity index (χ4n) is 2.26. The number of nitrogens with one attached hydrogen (secondary N) is 1. The molecule has 0 amide bonds. The van der Waals surface area contributed by atoms with E-state index in [2.05, 4.69) is 5.32 Å². The molecule has 1 heterocycles. The Morgan fingerprint density at radius 2 is 2.41 bits per heavy atom. The molecule has 0 saturated heterocycles. The van der Waals surface area contributed by atoms with Gasteiger partial charge in [-0.3, -0.25) is 0 Å². The lowest BCUT2D eigenvalue weighted by atomic mass is 10.2. The molecule has 2 unspecified atom stereocenters. The third kappa shape index (κ3) is 2.87. The van der Waals surface area contributed by atoms with Crippen LogP contribution in [-0.4, -0.2) is 30.3 Å². The number of ether oxygens (including phenoxy) is 1. The van der Waals surface area contributed by atoms with Gasteiger partial charge in [0.1, 0.15) is 5.76 Å². The van der Waals surface area contributed by atoms with Gasteiger partial charge in [-0.25, -0.2) is 4.79 Å². The number of hydrogen-bond acceptors (Lipinski definition) is 4. The third-order valence-corrected chi connectivity index (χ3v) is 3.17. The molecule has 2 rings (SSSR count). The Morgan fingerprint density at radius 3 is 3.06 bits per heavy atom. The van der Waals surface area contributed by atoms with Crippen molar-refractivity contribution in [2.45, 2.75) is 38.0 Å². The zero-order valence-electron chi connectivity index (χ0n) is 9.81. The van der Waals surface area contributed by atoms with Crippen LogP contribution in [0.25, 0.3) is 0 Å². The molecular formula is C12H17NO4. The quantitative estimate of drug-likeness (QED) is 0.817. The summed E-state index contributed by atoms with van der Waals surface area (Å²) in [5, 5.41) is 12.1. The van der Waals surface area contributed by atoms with Crippen molar-refractivity contribution < 1.29 is 19.1 Å². The lowest BCUT2D eigenvalue weighted by molar-refractivity contribution is 0.0658. The predicted molar refractivity (Wildman–Crippen MR) is 60.9 cm³/mol. The molecule has 0 bridgehead atoms. The van der Waals surface area contributed by atoms with E-state index < -0.39 is 5.97 Å². The Labute approximate surface area is 99.8 Å². The van der Waals surface area contributed by atoms with Gasteiger partial charge in [0.2, 0.25) is 5.76 Å². The van der Waals surface area contributed by atoms with E-state index >= 15 is 0 Å². The van der Waals surface area contributed by atoms with Crippen LogP contribution in [0.15, 0.2) is 16.5 Å². The van der Waals surface area contributed by atoms with Gasteiger partial charge >= 0.3 is 5.97 Å². The third-order valence-electron chi connectivity index (χ3n) is 3.17. The molecule has 1 aliphatic carbocycles. The molecule has 0 radical (unpaired) electrons. The van der Waals surface area contributed by atoms with Crippen molar-refractivity contribution in [2.75, 3.05) is 7.11 Å². The van der Waals surface area contributed by atoms with Crippen LogP contribution in [0.1, 0.15) is 35.6 Å². The highest BCUT2D eigenvalue weighted by molar-refractivity contribution is 5.84. The van der Waals surface area contributed by atoms with E-state index in [-0.39, 0.29) is 11.9 Å². The van der Waals surface area contributed by atoms with Crippen LogP contribution in [0.2, 0.25) is 0 Å². The normalized spacial score (nSPS) is 24.1. The van der Waals surface area contributed by atoms with E-state index in [9.17, 15) is 4.79 Å². The summed E-state index contributed by atoms with van der Waals surface area (Å²) in [6.07, 6.45) is 3.58. The zero-order chi connectivity index (χ0) is 12.3. The molecular weight excluding hydrogens is 222 g/mol. The van der Waals surface area contributed by atoms with Crippen LogP contribution >= 0.6 is 0 Å². The van der Waals surface area contributed by atoms with Crippen molar-refractivity contribution in [3.63, 3.8) is 0 Å². The number of hydrogen-bond donors (Lipinski definition) is 2. The molecule has 94 valence electrons. The molecule has 1 fully saturated rings. The van der Waals surface area contributed by atoms with E-state index in [1.165, 1.54) is 6.07 Å². The van der Waals surface area contributed by atoms with Crippen molar-refractivity contribution in [1.29, 1.82) is 0 Å². The summed E-state index contributed by atoms with van der Waals surface area (Å²) in [4.78, 5) is 10.6. The largest absolute Gasteiger partial charge is 0.475 e. The molecule has 1 aliphatic rings. The average Bonchev–Trinajstić information content (AvgIpc) is 2.95. The maximum absolute atomic E-state index is 10.6. The first-order valence-corrected chi connectivity index (χ1v) is 5.79. The van der Waals surface area contributed by atoms with Gasteiger partial charge in [0.15, 0.2) is 0 Å². The summed E-state index contributed by atoms with van der Waals surface area (Å²) in [5.74, 6) is -0.410. The lowest BCUT2D eigenvalue weighted by Crippen LogP contribution is -2.36. The predicted octanol–water partition coefficient (Wildman–Crippen LogP) is 1.63. The summed E-state index contributed by atoms with van der Waals surface area (Å²) in [7, 11) is 1.72. The van der Waals surface area contributed by atoms with Crippen molar-refractivity contribution >= 4 is 5.97 Å². The Kier molecular flexibility index (Phi) is 3.81.